The van der Waals surface area contributed by atoms with Gasteiger partial charge in [0.1, 0.15) is 0 Å². The number of aromatic carboxylic acids is 1. The molecular weight excluding hydrogens is 321 g/mol. The average Bonchev–Trinajstić information content (AvgIpc) is 2.56. The minimum absolute atomic E-state index is 0.112. The Hall–Kier alpha value is -1.07. The molecule has 1 aromatic carbocycles. The van der Waals surface area contributed by atoms with Crippen LogP contribution in [0.4, 0.5) is 5.69 Å². The Morgan fingerprint density at radius 1 is 1.56 bits per heavy atom. The number of hydrogen-bond donors (Lipinski definition) is 1. The maximum Gasteiger partial charge on any atom is 0.337 e. The topological polar surface area (TPSA) is 57.6 Å². The Morgan fingerprint density at radius 3 is 2.72 bits per heavy atom. The molecule has 1 saturated heterocycles. The molecule has 1 aromatic rings. The summed E-state index contributed by atoms with van der Waals surface area (Å²) in [5, 5.41) is 8.97. The number of benzene rings is 1. The lowest BCUT2D eigenvalue weighted by molar-refractivity contribution is -0.117. The zero-order chi connectivity index (χ0) is 13.4. The molecule has 0 saturated carbocycles. The van der Waals surface area contributed by atoms with Crippen molar-refractivity contribution in [1.29, 1.82) is 0 Å². The van der Waals surface area contributed by atoms with Crippen LogP contribution in [0.5, 0.6) is 0 Å². The van der Waals surface area contributed by atoms with Crippen LogP contribution >= 0.6 is 27.5 Å². The number of alkyl halides is 1. The smallest absolute Gasteiger partial charge is 0.337 e. The molecule has 18 heavy (non-hydrogen) atoms. The van der Waals surface area contributed by atoms with Crippen LogP contribution in [-0.4, -0.2) is 28.9 Å². The van der Waals surface area contributed by atoms with Crippen molar-refractivity contribution in [2.24, 2.45) is 0 Å². The van der Waals surface area contributed by atoms with Crippen molar-refractivity contribution in [2.75, 3.05) is 11.4 Å². The molecule has 0 radical (unpaired) electrons. The predicted octanol–water partition coefficient (Wildman–Crippen LogP) is 2.80. The van der Waals surface area contributed by atoms with Crippen LogP contribution in [0.3, 0.4) is 0 Å². The summed E-state index contributed by atoms with van der Waals surface area (Å²) in [6, 6.07) is 3.29. The standard InChI is InChI=1S/C12H11BrClNO3/c1-6-2-7(13)3-9(12(17)18)11(6)15-5-8(14)4-10(15)16/h2-3,8H,4-5H2,1H3,(H,17,18). The number of carboxylic acids is 1. The molecule has 1 aliphatic heterocycles. The molecule has 1 atom stereocenters. The average molecular weight is 333 g/mol. The molecule has 6 heteroatoms. The van der Waals surface area contributed by atoms with E-state index in [1.165, 1.54) is 11.0 Å². The highest BCUT2D eigenvalue weighted by molar-refractivity contribution is 9.10. The first-order valence-electron chi connectivity index (χ1n) is 5.38. The fourth-order valence-corrected chi connectivity index (χ4v) is 2.98. The van der Waals surface area contributed by atoms with Crippen molar-refractivity contribution < 1.29 is 14.7 Å². The highest BCUT2D eigenvalue weighted by Crippen LogP contribution is 2.33. The Morgan fingerprint density at radius 2 is 2.22 bits per heavy atom. The van der Waals surface area contributed by atoms with Gasteiger partial charge in [-0.15, -0.1) is 11.6 Å². The van der Waals surface area contributed by atoms with E-state index in [2.05, 4.69) is 15.9 Å². The fourth-order valence-electron chi connectivity index (χ4n) is 2.14. The summed E-state index contributed by atoms with van der Waals surface area (Å²) in [6.07, 6.45) is 0.246. The number of anilines is 1. The van der Waals surface area contributed by atoms with Crippen LogP contribution in [0.25, 0.3) is 0 Å². The monoisotopic (exact) mass is 331 g/mol. The van der Waals surface area contributed by atoms with E-state index in [9.17, 15) is 14.7 Å². The van der Waals surface area contributed by atoms with E-state index in [1.54, 1.807) is 13.0 Å². The van der Waals surface area contributed by atoms with E-state index in [0.717, 1.165) is 5.56 Å². The summed E-state index contributed by atoms with van der Waals surface area (Å²) in [4.78, 5) is 24.6. The molecule has 0 aromatic heterocycles. The number of amides is 1. The summed E-state index contributed by atoms with van der Waals surface area (Å²) in [5.41, 5.74) is 1.29. The zero-order valence-corrected chi connectivity index (χ0v) is 12.0. The summed E-state index contributed by atoms with van der Waals surface area (Å²) in [5.74, 6) is -1.19. The van der Waals surface area contributed by atoms with Gasteiger partial charge in [-0.3, -0.25) is 4.79 Å². The third-order valence-electron chi connectivity index (χ3n) is 2.84. The normalized spacial score (nSPS) is 19.4. The summed E-state index contributed by atoms with van der Waals surface area (Å²) in [6.45, 7) is 2.13. The summed E-state index contributed by atoms with van der Waals surface area (Å²) in [7, 11) is 0. The first kappa shape index (κ1) is 13.4. The van der Waals surface area contributed by atoms with E-state index < -0.39 is 5.97 Å². The van der Waals surface area contributed by atoms with Gasteiger partial charge in [0.15, 0.2) is 0 Å². The lowest BCUT2D eigenvalue weighted by Crippen LogP contribution is -2.27. The second-order valence-corrected chi connectivity index (χ2v) is 5.76. The van der Waals surface area contributed by atoms with Gasteiger partial charge >= 0.3 is 5.97 Å². The highest BCUT2D eigenvalue weighted by atomic mass is 79.9. The number of nitrogens with zero attached hydrogens (tertiary/aromatic N) is 1. The number of aryl methyl sites for hydroxylation is 1. The second kappa shape index (κ2) is 4.90. The second-order valence-electron chi connectivity index (χ2n) is 4.23. The minimum atomic E-state index is -1.06. The van der Waals surface area contributed by atoms with Crippen LogP contribution in [0, 0.1) is 6.92 Å². The lowest BCUT2D eigenvalue weighted by atomic mass is 10.1. The Bertz CT molecular complexity index is 532. The van der Waals surface area contributed by atoms with Crippen molar-refractivity contribution in [2.45, 2.75) is 18.7 Å². The van der Waals surface area contributed by atoms with Gasteiger partial charge in [0.25, 0.3) is 0 Å². The molecule has 4 nitrogen and oxygen atoms in total. The van der Waals surface area contributed by atoms with Crippen LogP contribution in [0.15, 0.2) is 16.6 Å². The summed E-state index contributed by atoms with van der Waals surface area (Å²) >= 11 is 9.21. The first-order valence-corrected chi connectivity index (χ1v) is 6.61. The van der Waals surface area contributed by atoms with Gasteiger partial charge in [0.2, 0.25) is 5.91 Å². The third-order valence-corrected chi connectivity index (χ3v) is 3.59. The molecule has 0 spiro atoms. The quantitative estimate of drug-likeness (QED) is 0.847. The first-order chi connectivity index (χ1) is 8.40. The Labute approximate surface area is 118 Å². The van der Waals surface area contributed by atoms with Gasteiger partial charge in [-0.25, -0.2) is 4.79 Å². The molecular formula is C12H11BrClNO3. The number of halogens is 2. The number of carboxylic acid groups (broad SMARTS) is 1. The number of rotatable bonds is 2. The van der Waals surface area contributed by atoms with Gasteiger partial charge < -0.3 is 10.0 Å². The molecule has 96 valence electrons. The molecule has 2 rings (SSSR count). The highest BCUT2D eigenvalue weighted by Gasteiger charge is 2.32. The van der Waals surface area contributed by atoms with Gasteiger partial charge in [0, 0.05) is 17.4 Å². The van der Waals surface area contributed by atoms with Crippen molar-refractivity contribution >= 4 is 45.1 Å². The van der Waals surface area contributed by atoms with Crippen LogP contribution in [-0.2, 0) is 4.79 Å². The van der Waals surface area contributed by atoms with E-state index in [1.807, 2.05) is 0 Å². The van der Waals surface area contributed by atoms with E-state index in [-0.39, 0.29) is 23.3 Å². The molecule has 1 heterocycles. The van der Waals surface area contributed by atoms with E-state index in [4.69, 9.17) is 11.6 Å². The fraction of sp³-hybridized carbons (Fsp3) is 0.333. The Kier molecular flexibility index (Phi) is 3.64. The van der Waals surface area contributed by atoms with Crippen LogP contribution in [0.2, 0.25) is 0 Å². The van der Waals surface area contributed by atoms with Crippen molar-refractivity contribution in [3.63, 3.8) is 0 Å². The maximum atomic E-state index is 11.8. The summed E-state index contributed by atoms with van der Waals surface area (Å²) < 4.78 is 0.676. The van der Waals surface area contributed by atoms with Crippen LogP contribution in [0.1, 0.15) is 22.3 Å². The number of hydrogen-bond acceptors (Lipinski definition) is 2. The molecule has 1 fully saturated rings. The van der Waals surface area contributed by atoms with Gasteiger partial charge in [-0.2, -0.15) is 0 Å². The van der Waals surface area contributed by atoms with Gasteiger partial charge in [-0.1, -0.05) is 15.9 Å². The van der Waals surface area contributed by atoms with E-state index >= 15 is 0 Å². The number of carbonyl (C=O) groups excluding carboxylic acids is 1. The van der Waals surface area contributed by atoms with Crippen molar-refractivity contribution in [3.8, 4) is 0 Å². The Balaban J connectivity index is 2.56. The predicted molar refractivity (Wildman–Crippen MR) is 72.4 cm³/mol. The molecule has 0 bridgehead atoms. The largest absolute Gasteiger partial charge is 0.478 e. The minimum Gasteiger partial charge on any atom is -0.478 e. The maximum absolute atomic E-state index is 11.8. The molecule has 0 aliphatic carbocycles. The van der Waals surface area contributed by atoms with Gasteiger partial charge in [-0.05, 0) is 24.6 Å². The lowest BCUT2D eigenvalue weighted by Gasteiger charge is -2.21. The molecule has 1 amide bonds. The third kappa shape index (κ3) is 2.37. The number of carbonyl (C=O) groups is 2. The molecule has 1 unspecified atom stereocenters. The van der Waals surface area contributed by atoms with Crippen LogP contribution < -0.4 is 4.90 Å². The van der Waals surface area contributed by atoms with E-state index in [0.29, 0.717) is 16.7 Å². The van der Waals surface area contributed by atoms with Gasteiger partial charge in [0.05, 0.1) is 16.6 Å². The molecule has 1 aliphatic rings. The zero-order valence-electron chi connectivity index (χ0n) is 9.61. The van der Waals surface area contributed by atoms with Crippen molar-refractivity contribution in [3.05, 3.63) is 27.7 Å². The molecule has 1 N–H and O–H groups in total. The SMILES string of the molecule is Cc1cc(Br)cc(C(=O)O)c1N1CC(Cl)CC1=O. The van der Waals surface area contributed by atoms with Crippen molar-refractivity contribution in [1.82, 2.24) is 0 Å².